The highest BCUT2D eigenvalue weighted by Crippen LogP contribution is 2.17. The number of nitrogens with zero attached hydrogens (tertiary/aromatic N) is 5. The summed E-state index contributed by atoms with van der Waals surface area (Å²) in [4.78, 5) is 14.7. The van der Waals surface area contributed by atoms with Crippen molar-refractivity contribution >= 4 is 5.91 Å². The zero-order valence-corrected chi connectivity index (χ0v) is 14.3. The molecule has 2 aromatic heterocycles. The van der Waals surface area contributed by atoms with Crippen LogP contribution in [0, 0.1) is 0 Å². The Hall–Kier alpha value is -2.89. The van der Waals surface area contributed by atoms with Gasteiger partial charge in [0.2, 0.25) is 0 Å². The van der Waals surface area contributed by atoms with Crippen LogP contribution in [0.2, 0.25) is 0 Å². The van der Waals surface area contributed by atoms with Crippen LogP contribution in [-0.2, 0) is 26.1 Å². The van der Waals surface area contributed by atoms with E-state index in [2.05, 4.69) is 26.9 Å². The zero-order valence-electron chi connectivity index (χ0n) is 14.3. The molecule has 6 nitrogen and oxygen atoms in total. The van der Waals surface area contributed by atoms with Crippen LogP contribution in [0.1, 0.15) is 34.6 Å². The summed E-state index contributed by atoms with van der Waals surface area (Å²) in [5, 5.41) is 8.67. The maximum absolute atomic E-state index is 12.8. The number of fused-ring (bicyclic) bond motifs is 1. The fourth-order valence-corrected chi connectivity index (χ4v) is 3.35. The van der Waals surface area contributed by atoms with E-state index in [1.165, 1.54) is 5.56 Å². The maximum atomic E-state index is 12.8. The molecule has 3 aromatic rings. The molecule has 0 saturated carbocycles. The Morgan fingerprint density at radius 1 is 1.08 bits per heavy atom. The summed E-state index contributed by atoms with van der Waals surface area (Å²) in [6.07, 6.45) is 2.71. The average molecular weight is 335 g/mol. The highest BCUT2D eigenvalue weighted by molar-refractivity contribution is 5.92. The van der Waals surface area contributed by atoms with Crippen LogP contribution in [0.25, 0.3) is 0 Å². The molecule has 0 bridgehead atoms. The second-order valence-corrected chi connectivity index (χ2v) is 6.25. The van der Waals surface area contributed by atoms with Crippen LogP contribution in [-0.4, -0.2) is 36.7 Å². The molecule has 0 unspecified atom stereocenters. The topological polar surface area (TPSA) is 56.0 Å². The number of amides is 1. The molecule has 1 aliphatic heterocycles. The Kier molecular flexibility index (Phi) is 4.09. The number of carbonyl (C=O) groups is 1. The van der Waals surface area contributed by atoms with Gasteiger partial charge in [0.25, 0.3) is 5.91 Å². The molecule has 0 atom stereocenters. The van der Waals surface area contributed by atoms with Crippen LogP contribution in [0.15, 0.2) is 48.7 Å². The lowest BCUT2D eigenvalue weighted by atomic mass is 10.1. The minimum Gasteiger partial charge on any atom is -0.344 e. The van der Waals surface area contributed by atoms with E-state index in [0.29, 0.717) is 13.1 Å². The average Bonchev–Trinajstić information content (AvgIpc) is 3.28. The van der Waals surface area contributed by atoms with Gasteiger partial charge in [0, 0.05) is 32.3 Å². The highest BCUT2D eigenvalue weighted by atomic mass is 16.2. The first kappa shape index (κ1) is 15.6. The fraction of sp³-hybridized carbons (Fsp3) is 0.316. The molecular formula is C19H21N5O. The van der Waals surface area contributed by atoms with Gasteiger partial charge in [-0.3, -0.25) is 4.79 Å². The molecule has 1 aromatic carbocycles. The summed E-state index contributed by atoms with van der Waals surface area (Å²) < 4.78 is 4.12. The van der Waals surface area contributed by atoms with Gasteiger partial charge in [0.1, 0.15) is 11.5 Å². The highest BCUT2D eigenvalue weighted by Gasteiger charge is 2.26. The first-order valence-corrected chi connectivity index (χ1v) is 8.65. The summed E-state index contributed by atoms with van der Waals surface area (Å²) in [6.45, 7) is 4.76. The molecule has 1 aliphatic rings. The minimum absolute atomic E-state index is 0.0608. The van der Waals surface area contributed by atoms with E-state index in [9.17, 15) is 4.79 Å². The molecule has 0 fully saturated rings. The zero-order chi connectivity index (χ0) is 17.2. The predicted molar refractivity (Wildman–Crippen MR) is 94.1 cm³/mol. The third-order valence-electron chi connectivity index (χ3n) is 4.71. The summed E-state index contributed by atoms with van der Waals surface area (Å²) in [5.41, 5.74) is 1.96. The fourth-order valence-electron chi connectivity index (χ4n) is 3.35. The predicted octanol–water partition coefficient (Wildman–Crippen LogP) is 2.35. The lowest BCUT2D eigenvalue weighted by Gasteiger charge is -2.28. The first-order valence-electron chi connectivity index (χ1n) is 8.65. The monoisotopic (exact) mass is 335 g/mol. The lowest BCUT2D eigenvalue weighted by Crippen LogP contribution is -2.39. The van der Waals surface area contributed by atoms with Crippen molar-refractivity contribution < 1.29 is 4.79 Å². The molecule has 25 heavy (non-hydrogen) atoms. The lowest BCUT2D eigenvalue weighted by molar-refractivity contribution is 0.0695. The smallest absolute Gasteiger partial charge is 0.270 e. The van der Waals surface area contributed by atoms with Crippen molar-refractivity contribution in [1.29, 1.82) is 0 Å². The van der Waals surface area contributed by atoms with Crippen molar-refractivity contribution in [1.82, 2.24) is 24.2 Å². The standard InChI is InChI=1S/C19H21N5O/c1-2-22-10-6-9-16(22)19(25)23-11-12-24-17(20-21-18(24)14-23)13-15-7-4-3-5-8-15/h3-10H,2,11-14H2,1H3. The van der Waals surface area contributed by atoms with Crippen LogP contribution < -0.4 is 0 Å². The Morgan fingerprint density at radius 2 is 1.92 bits per heavy atom. The normalized spacial score (nSPS) is 13.7. The van der Waals surface area contributed by atoms with E-state index in [1.807, 2.05) is 52.9 Å². The second-order valence-electron chi connectivity index (χ2n) is 6.25. The third-order valence-corrected chi connectivity index (χ3v) is 4.71. The molecule has 0 radical (unpaired) electrons. The van der Waals surface area contributed by atoms with Crippen molar-refractivity contribution in [3.8, 4) is 0 Å². The van der Waals surface area contributed by atoms with Crippen molar-refractivity contribution in [3.63, 3.8) is 0 Å². The van der Waals surface area contributed by atoms with Gasteiger partial charge in [-0.1, -0.05) is 30.3 Å². The molecule has 0 N–H and O–H groups in total. The largest absolute Gasteiger partial charge is 0.344 e. The van der Waals surface area contributed by atoms with E-state index in [4.69, 9.17) is 0 Å². The first-order chi connectivity index (χ1) is 12.3. The molecule has 3 heterocycles. The summed E-state index contributed by atoms with van der Waals surface area (Å²) in [7, 11) is 0. The van der Waals surface area contributed by atoms with Gasteiger partial charge >= 0.3 is 0 Å². The van der Waals surface area contributed by atoms with E-state index in [-0.39, 0.29) is 5.91 Å². The number of rotatable bonds is 4. The van der Waals surface area contributed by atoms with Crippen LogP contribution in [0.3, 0.4) is 0 Å². The van der Waals surface area contributed by atoms with Crippen molar-refractivity contribution in [2.24, 2.45) is 0 Å². The van der Waals surface area contributed by atoms with Crippen LogP contribution in [0.4, 0.5) is 0 Å². The van der Waals surface area contributed by atoms with E-state index < -0.39 is 0 Å². The Labute approximate surface area is 146 Å². The van der Waals surface area contributed by atoms with Gasteiger partial charge in [-0.05, 0) is 24.6 Å². The van der Waals surface area contributed by atoms with Gasteiger partial charge in [-0.25, -0.2) is 0 Å². The SMILES string of the molecule is CCn1cccc1C(=O)N1CCn2c(Cc3ccccc3)nnc2C1. The molecule has 1 amide bonds. The van der Waals surface area contributed by atoms with Gasteiger partial charge in [-0.2, -0.15) is 0 Å². The molecule has 0 spiro atoms. The van der Waals surface area contributed by atoms with Crippen LogP contribution >= 0.6 is 0 Å². The Morgan fingerprint density at radius 3 is 2.72 bits per heavy atom. The van der Waals surface area contributed by atoms with E-state index in [0.717, 1.165) is 36.9 Å². The van der Waals surface area contributed by atoms with Crippen molar-refractivity contribution in [2.45, 2.75) is 33.0 Å². The van der Waals surface area contributed by atoms with E-state index >= 15 is 0 Å². The van der Waals surface area contributed by atoms with Crippen molar-refractivity contribution in [2.75, 3.05) is 6.54 Å². The molecule has 128 valence electrons. The summed E-state index contributed by atoms with van der Waals surface area (Å²) >= 11 is 0. The second kappa shape index (κ2) is 6.55. The number of carbonyl (C=O) groups excluding carboxylic acids is 1. The Balaban J connectivity index is 1.52. The molecule has 0 saturated heterocycles. The number of hydrogen-bond donors (Lipinski definition) is 0. The molecule has 6 heteroatoms. The van der Waals surface area contributed by atoms with Gasteiger partial charge in [0.05, 0.1) is 6.54 Å². The van der Waals surface area contributed by atoms with Crippen molar-refractivity contribution in [3.05, 3.63) is 71.6 Å². The maximum Gasteiger partial charge on any atom is 0.270 e. The number of benzene rings is 1. The Bertz CT molecular complexity index is 880. The number of aromatic nitrogens is 4. The van der Waals surface area contributed by atoms with E-state index in [1.54, 1.807) is 0 Å². The van der Waals surface area contributed by atoms with Crippen LogP contribution in [0.5, 0.6) is 0 Å². The van der Waals surface area contributed by atoms with Gasteiger partial charge in [0.15, 0.2) is 5.82 Å². The third kappa shape index (κ3) is 2.95. The number of hydrogen-bond acceptors (Lipinski definition) is 3. The summed E-state index contributed by atoms with van der Waals surface area (Å²) in [5.74, 6) is 1.89. The molecule has 0 aliphatic carbocycles. The molecule has 4 rings (SSSR count). The van der Waals surface area contributed by atoms with Gasteiger partial charge in [-0.15, -0.1) is 10.2 Å². The quantitative estimate of drug-likeness (QED) is 0.735. The van der Waals surface area contributed by atoms with Gasteiger partial charge < -0.3 is 14.0 Å². The molecular weight excluding hydrogens is 314 g/mol. The summed E-state index contributed by atoms with van der Waals surface area (Å²) in [6, 6.07) is 14.1. The number of aryl methyl sites for hydroxylation is 1. The minimum atomic E-state index is 0.0608.